The number of aromatic nitrogens is 5. The molecule has 10 aromatic carbocycles. The molecule has 0 saturated heterocycles. The zero-order chi connectivity index (χ0) is 39.3. The number of nitrogens with zero attached hydrogens (tertiary/aromatic N) is 5. The molecule has 0 aliphatic rings. The molecule has 0 bridgehead atoms. The van der Waals surface area contributed by atoms with E-state index in [1.165, 1.54) is 76.4 Å². The zero-order valence-corrected chi connectivity index (χ0v) is 32.3. The third-order valence-corrected chi connectivity index (χ3v) is 12.3. The molecule has 13 rings (SSSR count). The second kappa shape index (κ2) is 12.7. The predicted molar refractivity (Wildman–Crippen MR) is 248 cm³/mol. The van der Waals surface area contributed by atoms with E-state index in [0.717, 1.165) is 27.8 Å². The number of rotatable bonds is 6. The standard InChI is InChI=1S/C55H33N5/c1-5-14-34(15-6-1)41-28-30-46-51-43(41)26-27-44-42(39-32-38-25-24-35-20-13-23-45-49(35)50(38)48(33-39)59(45)40-21-11-4-12-22-40)29-31-47(52(44)51)60(46)55-57-53(36-16-7-2-8-17-36)56-54(58-55)37-18-9-3-10-19-37/h1-33H. The second-order valence-electron chi connectivity index (χ2n) is 15.6. The van der Waals surface area contributed by atoms with Gasteiger partial charge in [-0.2, -0.15) is 9.97 Å². The van der Waals surface area contributed by atoms with E-state index in [1.807, 2.05) is 36.4 Å². The van der Waals surface area contributed by atoms with Crippen LogP contribution in [-0.4, -0.2) is 24.1 Å². The third kappa shape index (κ3) is 4.77. The Morgan fingerprint density at radius 2 is 0.817 bits per heavy atom. The van der Waals surface area contributed by atoms with Crippen LogP contribution in [0.1, 0.15) is 0 Å². The number of hydrogen-bond donors (Lipinski definition) is 0. The van der Waals surface area contributed by atoms with E-state index in [0.29, 0.717) is 17.6 Å². The van der Waals surface area contributed by atoms with Crippen LogP contribution in [0.5, 0.6) is 0 Å². The van der Waals surface area contributed by atoms with Gasteiger partial charge >= 0.3 is 0 Å². The smallest absolute Gasteiger partial charge is 0.238 e. The van der Waals surface area contributed by atoms with Crippen molar-refractivity contribution in [3.63, 3.8) is 0 Å². The van der Waals surface area contributed by atoms with Gasteiger partial charge in [0.1, 0.15) is 0 Å². The monoisotopic (exact) mass is 763 g/mol. The van der Waals surface area contributed by atoms with Crippen molar-refractivity contribution in [2.24, 2.45) is 0 Å². The maximum atomic E-state index is 5.24. The first kappa shape index (κ1) is 32.9. The van der Waals surface area contributed by atoms with E-state index in [1.54, 1.807) is 0 Å². The van der Waals surface area contributed by atoms with Gasteiger partial charge in [-0.1, -0.05) is 158 Å². The summed E-state index contributed by atoms with van der Waals surface area (Å²) in [6.07, 6.45) is 0. The molecule has 0 saturated carbocycles. The van der Waals surface area contributed by atoms with Crippen LogP contribution in [0.15, 0.2) is 200 Å². The van der Waals surface area contributed by atoms with Crippen LogP contribution in [0.3, 0.4) is 0 Å². The minimum Gasteiger partial charge on any atom is -0.309 e. The van der Waals surface area contributed by atoms with Crippen LogP contribution in [0, 0.1) is 0 Å². The predicted octanol–water partition coefficient (Wildman–Crippen LogP) is 13.9. The van der Waals surface area contributed by atoms with Gasteiger partial charge < -0.3 is 4.57 Å². The maximum absolute atomic E-state index is 5.24. The summed E-state index contributed by atoms with van der Waals surface area (Å²) in [4.78, 5) is 15.5. The Kier molecular flexibility index (Phi) is 6.95. The molecule has 60 heavy (non-hydrogen) atoms. The summed E-state index contributed by atoms with van der Waals surface area (Å²) in [5.41, 5.74) is 12.3. The quantitative estimate of drug-likeness (QED) is 0.158. The summed E-state index contributed by atoms with van der Waals surface area (Å²) >= 11 is 0. The van der Waals surface area contributed by atoms with Gasteiger partial charge in [-0.3, -0.25) is 4.57 Å². The fourth-order valence-electron chi connectivity index (χ4n) is 9.70. The Balaban J connectivity index is 1.12. The summed E-state index contributed by atoms with van der Waals surface area (Å²) in [7, 11) is 0. The van der Waals surface area contributed by atoms with Gasteiger partial charge in [-0.05, 0) is 86.3 Å². The van der Waals surface area contributed by atoms with Crippen LogP contribution in [-0.2, 0) is 0 Å². The molecule has 5 nitrogen and oxygen atoms in total. The van der Waals surface area contributed by atoms with E-state index >= 15 is 0 Å². The van der Waals surface area contributed by atoms with Crippen molar-refractivity contribution >= 4 is 65.2 Å². The van der Waals surface area contributed by atoms with Gasteiger partial charge in [0.2, 0.25) is 5.95 Å². The van der Waals surface area contributed by atoms with Crippen molar-refractivity contribution < 1.29 is 0 Å². The highest BCUT2D eigenvalue weighted by Crippen LogP contribution is 2.47. The Morgan fingerprint density at radius 3 is 1.43 bits per heavy atom. The fourth-order valence-corrected chi connectivity index (χ4v) is 9.70. The molecule has 0 radical (unpaired) electrons. The molecule has 0 unspecified atom stereocenters. The first-order valence-electron chi connectivity index (χ1n) is 20.4. The molecule has 3 aromatic heterocycles. The van der Waals surface area contributed by atoms with E-state index in [4.69, 9.17) is 15.0 Å². The molecule has 0 spiro atoms. The lowest BCUT2D eigenvalue weighted by molar-refractivity contribution is 0.954. The number of benzene rings is 10. The lowest BCUT2D eigenvalue weighted by Gasteiger charge is -2.13. The highest BCUT2D eigenvalue weighted by Gasteiger charge is 2.24. The summed E-state index contributed by atoms with van der Waals surface area (Å²) in [6, 6.07) is 71.5. The lowest BCUT2D eigenvalue weighted by atomic mass is 9.90. The van der Waals surface area contributed by atoms with Gasteiger partial charge in [0.05, 0.1) is 22.1 Å². The van der Waals surface area contributed by atoms with Crippen molar-refractivity contribution in [1.29, 1.82) is 0 Å². The normalized spacial score (nSPS) is 12.0. The molecular weight excluding hydrogens is 731 g/mol. The Morgan fingerprint density at radius 1 is 0.300 bits per heavy atom. The first-order chi connectivity index (χ1) is 29.8. The molecule has 13 aromatic rings. The average molecular weight is 764 g/mol. The first-order valence-corrected chi connectivity index (χ1v) is 20.4. The van der Waals surface area contributed by atoms with Gasteiger partial charge in [0, 0.05) is 38.4 Å². The van der Waals surface area contributed by atoms with Crippen LogP contribution < -0.4 is 0 Å². The van der Waals surface area contributed by atoms with Crippen molar-refractivity contribution in [2.75, 3.05) is 0 Å². The summed E-state index contributed by atoms with van der Waals surface area (Å²) in [5, 5.41) is 9.85. The Labute approximate surface area is 344 Å². The topological polar surface area (TPSA) is 48.5 Å². The molecule has 0 N–H and O–H groups in total. The van der Waals surface area contributed by atoms with Gasteiger partial charge in [-0.15, -0.1) is 0 Å². The molecule has 0 aliphatic carbocycles. The van der Waals surface area contributed by atoms with Crippen molar-refractivity contribution in [1.82, 2.24) is 24.1 Å². The Bertz CT molecular complexity index is 3680. The van der Waals surface area contributed by atoms with Crippen LogP contribution in [0.4, 0.5) is 0 Å². The van der Waals surface area contributed by atoms with Crippen molar-refractivity contribution in [2.45, 2.75) is 0 Å². The molecule has 0 atom stereocenters. The van der Waals surface area contributed by atoms with Crippen LogP contribution in [0.2, 0.25) is 0 Å². The molecule has 278 valence electrons. The highest BCUT2D eigenvalue weighted by atomic mass is 15.2. The van der Waals surface area contributed by atoms with Crippen molar-refractivity contribution in [3.05, 3.63) is 200 Å². The van der Waals surface area contributed by atoms with Gasteiger partial charge in [-0.25, -0.2) is 4.98 Å². The number of hydrogen-bond acceptors (Lipinski definition) is 3. The molecule has 0 aliphatic heterocycles. The minimum atomic E-state index is 0.584. The molecular formula is C55H33N5. The van der Waals surface area contributed by atoms with E-state index in [-0.39, 0.29) is 0 Å². The SMILES string of the molecule is c1ccc(-c2nc(-c3ccccc3)nc(-n3c4ccc(-c5ccccc5)c5ccc6c(-c7cc8ccc9cccc%10c9c8c(c7)n%10-c7ccccc7)ccc3c6c54)n2)cc1. The minimum absolute atomic E-state index is 0.584. The highest BCUT2D eigenvalue weighted by molar-refractivity contribution is 6.30. The van der Waals surface area contributed by atoms with E-state index < -0.39 is 0 Å². The summed E-state index contributed by atoms with van der Waals surface area (Å²) < 4.78 is 4.67. The molecule has 0 fully saturated rings. The molecule has 3 heterocycles. The maximum Gasteiger partial charge on any atom is 0.238 e. The van der Waals surface area contributed by atoms with Crippen LogP contribution >= 0.6 is 0 Å². The molecule has 5 heteroatoms. The van der Waals surface area contributed by atoms with Gasteiger partial charge in [0.25, 0.3) is 0 Å². The van der Waals surface area contributed by atoms with Crippen LogP contribution in [0.25, 0.3) is 122 Å². The van der Waals surface area contributed by atoms with E-state index in [9.17, 15) is 0 Å². The van der Waals surface area contributed by atoms with E-state index in [2.05, 4.69) is 173 Å². The second-order valence-corrected chi connectivity index (χ2v) is 15.6. The Hall–Kier alpha value is -8.15. The summed E-state index contributed by atoms with van der Waals surface area (Å²) in [6.45, 7) is 0. The zero-order valence-electron chi connectivity index (χ0n) is 32.3. The fraction of sp³-hybridized carbons (Fsp3) is 0. The largest absolute Gasteiger partial charge is 0.309 e. The lowest BCUT2D eigenvalue weighted by Crippen LogP contribution is -2.06. The average Bonchev–Trinajstić information content (AvgIpc) is 3.85. The summed E-state index contributed by atoms with van der Waals surface area (Å²) in [5.74, 6) is 1.85. The van der Waals surface area contributed by atoms with Crippen molar-refractivity contribution in [3.8, 4) is 56.7 Å². The van der Waals surface area contributed by atoms with Gasteiger partial charge in [0.15, 0.2) is 11.6 Å². The third-order valence-electron chi connectivity index (χ3n) is 12.3. The molecule has 0 amide bonds. The number of para-hydroxylation sites is 1.